The molecular formula is C17H19N3. The Labute approximate surface area is 119 Å². The fraction of sp³-hybridized carbons (Fsp3) is 0.294. The van der Waals surface area contributed by atoms with E-state index in [-0.39, 0.29) is 0 Å². The van der Waals surface area contributed by atoms with Gasteiger partial charge in [-0.15, -0.1) is 0 Å². The molecule has 0 saturated carbocycles. The van der Waals surface area contributed by atoms with E-state index in [2.05, 4.69) is 23.2 Å². The minimum absolute atomic E-state index is 0.483. The molecule has 2 heterocycles. The predicted molar refractivity (Wildman–Crippen MR) is 82.9 cm³/mol. The summed E-state index contributed by atoms with van der Waals surface area (Å²) in [5, 5.41) is 0. The summed E-state index contributed by atoms with van der Waals surface area (Å²) in [6, 6.07) is 12.3. The Hall–Kier alpha value is -2.16. The second-order valence-corrected chi connectivity index (χ2v) is 5.29. The molecule has 0 fully saturated rings. The van der Waals surface area contributed by atoms with Gasteiger partial charge in [-0.3, -0.25) is 9.98 Å². The highest BCUT2D eigenvalue weighted by Crippen LogP contribution is 2.24. The number of nitrogens with zero attached hydrogens (tertiary/aromatic N) is 2. The molecular weight excluding hydrogens is 246 g/mol. The molecule has 0 aliphatic carbocycles. The van der Waals surface area contributed by atoms with E-state index in [0.29, 0.717) is 5.92 Å². The normalized spacial score (nSPS) is 18.6. The molecule has 0 bridgehead atoms. The van der Waals surface area contributed by atoms with E-state index in [4.69, 9.17) is 10.7 Å². The van der Waals surface area contributed by atoms with E-state index in [0.717, 1.165) is 24.2 Å². The van der Waals surface area contributed by atoms with Crippen molar-refractivity contribution in [3.63, 3.8) is 0 Å². The van der Waals surface area contributed by atoms with Gasteiger partial charge in [-0.05, 0) is 43.0 Å². The zero-order valence-electron chi connectivity index (χ0n) is 11.5. The van der Waals surface area contributed by atoms with Crippen molar-refractivity contribution in [3.8, 4) is 0 Å². The van der Waals surface area contributed by atoms with Crippen LogP contribution in [0.15, 0.2) is 53.8 Å². The minimum atomic E-state index is 0.483. The third-order valence-corrected chi connectivity index (χ3v) is 3.80. The number of benzene rings is 1. The molecule has 3 heteroatoms. The van der Waals surface area contributed by atoms with Crippen LogP contribution in [0, 0.1) is 5.92 Å². The van der Waals surface area contributed by atoms with E-state index < -0.39 is 0 Å². The Kier molecular flexibility index (Phi) is 3.77. The summed E-state index contributed by atoms with van der Waals surface area (Å²) in [6.45, 7) is 0.933. The van der Waals surface area contributed by atoms with Crippen molar-refractivity contribution in [3.05, 3.63) is 59.9 Å². The first-order valence-corrected chi connectivity index (χ1v) is 7.12. The van der Waals surface area contributed by atoms with Gasteiger partial charge in [0, 0.05) is 41.8 Å². The number of rotatable bonds is 3. The Morgan fingerprint density at radius 2 is 2.00 bits per heavy atom. The van der Waals surface area contributed by atoms with Crippen LogP contribution < -0.4 is 5.73 Å². The van der Waals surface area contributed by atoms with Crippen LogP contribution in [-0.2, 0) is 6.42 Å². The summed E-state index contributed by atoms with van der Waals surface area (Å²) in [5.74, 6) is 0.483. The number of hydrogen-bond donors (Lipinski definition) is 1. The van der Waals surface area contributed by atoms with Gasteiger partial charge < -0.3 is 5.73 Å². The first kappa shape index (κ1) is 12.9. The Balaban J connectivity index is 1.82. The van der Waals surface area contributed by atoms with Crippen LogP contribution in [0.1, 0.15) is 24.0 Å². The van der Waals surface area contributed by atoms with Crippen LogP contribution in [0.2, 0.25) is 0 Å². The first-order chi connectivity index (χ1) is 9.83. The summed E-state index contributed by atoms with van der Waals surface area (Å²) in [7, 11) is 0. The average Bonchev–Trinajstić information content (AvgIpc) is 2.51. The number of aromatic nitrogens is 1. The Bertz CT molecular complexity index is 587. The summed E-state index contributed by atoms with van der Waals surface area (Å²) in [5.41, 5.74) is 10.3. The quantitative estimate of drug-likeness (QED) is 0.867. The highest BCUT2D eigenvalue weighted by Gasteiger charge is 2.21. The molecule has 3 nitrogen and oxygen atoms in total. The van der Waals surface area contributed by atoms with Gasteiger partial charge in [0.1, 0.15) is 0 Å². The maximum Gasteiger partial charge on any atom is 0.0470 e. The molecule has 0 saturated heterocycles. The van der Waals surface area contributed by atoms with Crippen molar-refractivity contribution in [2.24, 2.45) is 10.9 Å². The number of nitrogen functional groups attached to an aromatic ring is 1. The number of pyridine rings is 1. The van der Waals surface area contributed by atoms with Crippen LogP contribution in [0.5, 0.6) is 0 Å². The molecule has 2 aromatic rings. The molecule has 3 rings (SSSR count). The van der Waals surface area contributed by atoms with E-state index in [1.165, 1.54) is 24.1 Å². The fourth-order valence-electron chi connectivity index (χ4n) is 2.78. The lowest BCUT2D eigenvalue weighted by atomic mass is 9.85. The lowest BCUT2D eigenvalue weighted by Crippen LogP contribution is -2.23. The largest absolute Gasteiger partial charge is 0.399 e. The van der Waals surface area contributed by atoms with Crippen LogP contribution in [0.4, 0.5) is 5.69 Å². The van der Waals surface area contributed by atoms with Crippen molar-refractivity contribution in [1.29, 1.82) is 0 Å². The minimum Gasteiger partial charge on any atom is -0.399 e. The van der Waals surface area contributed by atoms with Crippen molar-refractivity contribution < 1.29 is 0 Å². The topological polar surface area (TPSA) is 51.3 Å². The molecule has 0 spiro atoms. The van der Waals surface area contributed by atoms with Crippen LogP contribution in [0.3, 0.4) is 0 Å². The van der Waals surface area contributed by atoms with E-state index in [1.54, 1.807) is 0 Å². The van der Waals surface area contributed by atoms with Gasteiger partial charge >= 0.3 is 0 Å². The SMILES string of the molecule is Nc1ccc(CC2CCCN=C2c2cccnc2)cc1. The third-order valence-electron chi connectivity index (χ3n) is 3.80. The van der Waals surface area contributed by atoms with E-state index in [1.807, 2.05) is 30.6 Å². The lowest BCUT2D eigenvalue weighted by Gasteiger charge is -2.23. The first-order valence-electron chi connectivity index (χ1n) is 7.12. The zero-order valence-corrected chi connectivity index (χ0v) is 11.5. The van der Waals surface area contributed by atoms with Crippen molar-refractivity contribution in [1.82, 2.24) is 4.98 Å². The van der Waals surface area contributed by atoms with Crippen LogP contribution in [0.25, 0.3) is 0 Å². The van der Waals surface area contributed by atoms with Gasteiger partial charge in [0.25, 0.3) is 0 Å². The van der Waals surface area contributed by atoms with Crippen LogP contribution >= 0.6 is 0 Å². The van der Waals surface area contributed by atoms with Gasteiger partial charge in [-0.1, -0.05) is 18.2 Å². The lowest BCUT2D eigenvalue weighted by molar-refractivity contribution is 0.566. The van der Waals surface area contributed by atoms with Crippen molar-refractivity contribution in [2.45, 2.75) is 19.3 Å². The third kappa shape index (κ3) is 2.87. The number of anilines is 1. The Morgan fingerprint density at radius 1 is 1.15 bits per heavy atom. The number of nitrogens with two attached hydrogens (primary N) is 1. The van der Waals surface area contributed by atoms with E-state index in [9.17, 15) is 0 Å². The molecule has 1 aliphatic rings. The van der Waals surface area contributed by atoms with Gasteiger partial charge in [-0.25, -0.2) is 0 Å². The molecule has 0 amide bonds. The Morgan fingerprint density at radius 3 is 2.75 bits per heavy atom. The molecule has 1 aliphatic heterocycles. The van der Waals surface area contributed by atoms with Crippen molar-refractivity contribution >= 4 is 11.4 Å². The smallest absolute Gasteiger partial charge is 0.0470 e. The second-order valence-electron chi connectivity index (χ2n) is 5.29. The maximum atomic E-state index is 5.75. The maximum absolute atomic E-state index is 5.75. The van der Waals surface area contributed by atoms with Gasteiger partial charge in [0.2, 0.25) is 0 Å². The molecule has 20 heavy (non-hydrogen) atoms. The number of hydrogen-bond acceptors (Lipinski definition) is 3. The summed E-state index contributed by atoms with van der Waals surface area (Å²) in [4.78, 5) is 8.96. The predicted octanol–water partition coefficient (Wildman–Crippen LogP) is 3.11. The standard InChI is InChI=1S/C17H19N3/c18-16-7-5-13(6-8-16)11-14-3-2-10-20-17(14)15-4-1-9-19-12-15/h1,4-9,12,14H,2-3,10-11,18H2. The fourth-order valence-corrected chi connectivity index (χ4v) is 2.78. The average molecular weight is 265 g/mol. The van der Waals surface area contributed by atoms with E-state index >= 15 is 0 Å². The van der Waals surface area contributed by atoms with Crippen LogP contribution in [-0.4, -0.2) is 17.2 Å². The van der Waals surface area contributed by atoms with Gasteiger partial charge in [-0.2, -0.15) is 0 Å². The van der Waals surface area contributed by atoms with Crippen molar-refractivity contribution in [2.75, 3.05) is 12.3 Å². The molecule has 1 aromatic heterocycles. The van der Waals surface area contributed by atoms with Gasteiger partial charge in [0.05, 0.1) is 0 Å². The summed E-state index contributed by atoms with van der Waals surface area (Å²) < 4.78 is 0. The zero-order chi connectivity index (χ0) is 13.8. The molecule has 2 N–H and O–H groups in total. The molecule has 1 unspecified atom stereocenters. The molecule has 0 radical (unpaired) electrons. The van der Waals surface area contributed by atoms with Gasteiger partial charge in [0.15, 0.2) is 0 Å². The highest BCUT2D eigenvalue weighted by atomic mass is 14.8. The molecule has 1 aromatic carbocycles. The monoisotopic (exact) mass is 265 g/mol. The summed E-state index contributed by atoms with van der Waals surface area (Å²) >= 11 is 0. The molecule has 1 atom stereocenters. The number of aliphatic imine (C=N–C) groups is 1. The molecule has 102 valence electrons. The highest BCUT2D eigenvalue weighted by molar-refractivity contribution is 6.02. The second kappa shape index (κ2) is 5.87. The summed E-state index contributed by atoms with van der Waals surface area (Å²) in [6.07, 6.45) is 7.11.